The molecule has 0 aromatic heterocycles. The SMILES string of the molecule is COCCOCCC1=CC(C)(C)N(CCCS(=O)(=O)[O-])c2cc3c(cc21)C(=CC=CC1=[N+](CCCS(=O)(=O)[O-])c2ccc(S(=O)(=O)O)cc2C1(C)CCCC(=O)ON1C(=O)CCC1=O)C=C(c1ccccc1)O3. The number of benzene rings is 3. The third-order valence-electron chi connectivity index (χ3n) is 13.1. The van der Waals surface area contributed by atoms with Gasteiger partial charge in [-0.25, -0.2) is 21.6 Å². The van der Waals surface area contributed by atoms with Gasteiger partial charge in [-0.2, -0.15) is 13.0 Å². The average molecular weight is 1070 g/mol. The van der Waals surface area contributed by atoms with Crippen molar-refractivity contribution in [1.29, 1.82) is 0 Å². The van der Waals surface area contributed by atoms with Crippen LogP contribution in [-0.2, 0) is 64.5 Å². The first kappa shape index (κ1) is 54.9. The van der Waals surface area contributed by atoms with Gasteiger partial charge in [-0.3, -0.25) is 14.1 Å². The Kier molecular flexibility index (Phi) is 16.8. The second-order valence-corrected chi connectivity index (χ2v) is 23.3. The number of methoxy groups -OCH3 is 1. The molecule has 0 bridgehead atoms. The van der Waals surface area contributed by atoms with E-state index in [4.69, 9.17) is 19.0 Å². The molecular weight excluding hydrogens is 1010 g/mol. The summed E-state index contributed by atoms with van der Waals surface area (Å²) in [6.45, 7) is 7.20. The first-order valence-electron chi connectivity index (χ1n) is 23.7. The third kappa shape index (κ3) is 13.3. The number of hydroxylamine groups is 2. The van der Waals surface area contributed by atoms with Crippen LogP contribution in [-0.4, -0.2) is 129 Å². The van der Waals surface area contributed by atoms with Gasteiger partial charge in [0.2, 0.25) is 5.69 Å². The maximum absolute atomic E-state index is 13.0. The van der Waals surface area contributed by atoms with E-state index in [-0.39, 0.29) is 58.0 Å². The van der Waals surface area contributed by atoms with E-state index in [1.54, 1.807) is 30.8 Å². The number of amides is 2. The van der Waals surface area contributed by atoms with Crippen LogP contribution in [0.25, 0.3) is 16.9 Å². The molecule has 1 atom stereocenters. The number of hydrogen-bond acceptors (Lipinski definition) is 16. The highest BCUT2D eigenvalue weighted by Gasteiger charge is 2.48. The van der Waals surface area contributed by atoms with Gasteiger partial charge < -0.3 is 33.1 Å². The molecule has 1 saturated heterocycles. The summed E-state index contributed by atoms with van der Waals surface area (Å²) < 4.78 is 125. The molecule has 7 rings (SSSR count). The van der Waals surface area contributed by atoms with Crippen LogP contribution in [0.1, 0.15) is 94.4 Å². The van der Waals surface area contributed by atoms with Gasteiger partial charge in [0.25, 0.3) is 21.9 Å². The molecular formula is C51H58N3O16S3-. The van der Waals surface area contributed by atoms with Gasteiger partial charge in [-0.15, -0.1) is 5.06 Å². The van der Waals surface area contributed by atoms with Gasteiger partial charge >= 0.3 is 5.97 Å². The van der Waals surface area contributed by atoms with Crippen LogP contribution in [0, 0.1) is 0 Å². The maximum Gasteiger partial charge on any atom is 0.333 e. The summed E-state index contributed by atoms with van der Waals surface area (Å²) in [4.78, 5) is 44.1. The molecule has 2 amide bonds. The Balaban J connectivity index is 1.34. The largest absolute Gasteiger partial charge is 0.748 e. The highest BCUT2D eigenvalue weighted by Crippen LogP contribution is 2.48. The van der Waals surface area contributed by atoms with Crippen molar-refractivity contribution in [3.63, 3.8) is 0 Å². The number of imide groups is 1. The second kappa shape index (κ2) is 22.3. The average Bonchev–Trinajstić information content (AvgIpc) is 3.75. The Bertz CT molecular complexity index is 3150. The monoisotopic (exact) mass is 1060 g/mol. The number of carbonyl (C=O) groups excluding carboxylic acids is 3. The van der Waals surface area contributed by atoms with Crippen LogP contribution in [0.2, 0.25) is 0 Å². The molecule has 4 aliphatic rings. The quantitative estimate of drug-likeness (QED) is 0.0490. The van der Waals surface area contributed by atoms with Crippen molar-refractivity contribution in [3.8, 4) is 5.75 Å². The van der Waals surface area contributed by atoms with Crippen molar-refractivity contribution in [2.45, 2.75) is 88.0 Å². The van der Waals surface area contributed by atoms with Crippen molar-refractivity contribution in [2.75, 3.05) is 56.4 Å². The van der Waals surface area contributed by atoms with E-state index in [1.807, 2.05) is 68.5 Å². The highest BCUT2D eigenvalue weighted by molar-refractivity contribution is 7.86. The fraction of sp³-hybridized carbons (Fsp3) is 0.412. The Labute approximate surface area is 425 Å². The Hall–Kier alpha value is -5.85. The fourth-order valence-corrected chi connectivity index (χ4v) is 11.1. The summed E-state index contributed by atoms with van der Waals surface area (Å²) in [5.74, 6) is -2.41. The number of carbonyl (C=O) groups is 3. The zero-order valence-electron chi connectivity index (χ0n) is 40.9. The smallest absolute Gasteiger partial charge is 0.333 e. The van der Waals surface area contributed by atoms with E-state index in [9.17, 15) is 53.3 Å². The van der Waals surface area contributed by atoms with E-state index in [0.29, 0.717) is 70.9 Å². The van der Waals surface area contributed by atoms with Crippen LogP contribution < -0.4 is 9.64 Å². The first-order chi connectivity index (χ1) is 34.4. The molecule has 1 N–H and O–H groups in total. The molecule has 0 saturated carbocycles. The molecule has 22 heteroatoms. The van der Waals surface area contributed by atoms with E-state index in [2.05, 4.69) is 11.0 Å². The fourth-order valence-electron chi connectivity index (χ4n) is 9.67. The minimum atomic E-state index is -4.73. The highest BCUT2D eigenvalue weighted by atomic mass is 32.2. The first-order valence-corrected chi connectivity index (χ1v) is 28.3. The van der Waals surface area contributed by atoms with Gasteiger partial charge in [0.1, 0.15) is 18.1 Å². The van der Waals surface area contributed by atoms with E-state index in [1.165, 1.54) is 18.2 Å². The molecule has 0 aliphatic carbocycles. The molecule has 3 aromatic rings. The molecule has 0 spiro atoms. The predicted molar refractivity (Wildman–Crippen MR) is 268 cm³/mol. The molecule has 3 aromatic carbocycles. The van der Waals surface area contributed by atoms with Gasteiger partial charge in [-0.1, -0.05) is 48.6 Å². The van der Waals surface area contributed by atoms with Crippen molar-refractivity contribution >= 4 is 82.1 Å². The van der Waals surface area contributed by atoms with Gasteiger partial charge in [0, 0.05) is 97.0 Å². The van der Waals surface area contributed by atoms with Gasteiger partial charge in [0.15, 0.2) is 5.71 Å². The van der Waals surface area contributed by atoms with Crippen molar-refractivity contribution in [1.82, 2.24) is 5.06 Å². The predicted octanol–water partition coefficient (Wildman–Crippen LogP) is 6.05. The minimum Gasteiger partial charge on any atom is -0.748 e. The number of rotatable bonds is 23. The van der Waals surface area contributed by atoms with Crippen LogP contribution in [0.3, 0.4) is 0 Å². The lowest BCUT2D eigenvalue weighted by molar-refractivity contribution is -0.437. The van der Waals surface area contributed by atoms with E-state index in [0.717, 1.165) is 22.4 Å². The molecule has 4 aliphatic heterocycles. The van der Waals surface area contributed by atoms with Crippen LogP contribution in [0.5, 0.6) is 5.75 Å². The molecule has 1 unspecified atom stereocenters. The summed E-state index contributed by atoms with van der Waals surface area (Å²) in [5.41, 5.74) is 4.28. The molecule has 4 heterocycles. The third-order valence-corrected chi connectivity index (χ3v) is 15.6. The lowest BCUT2D eigenvalue weighted by Crippen LogP contribution is -2.46. The molecule has 392 valence electrons. The molecule has 73 heavy (non-hydrogen) atoms. The molecule has 19 nitrogen and oxygen atoms in total. The summed E-state index contributed by atoms with van der Waals surface area (Å²) in [7, 11) is -12.3. The van der Waals surface area contributed by atoms with Gasteiger partial charge in [0.05, 0.1) is 55.9 Å². The number of anilines is 1. The lowest BCUT2D eigenvalue weighted by atomic mass is 9.75. The normalized spacial score (nSPS) is 19.2. The zero-order valence-corrected chi connectivity index (χ0v) is 43.4. The Morgan fingerprint density at radius 3 is 2.25 bits per heavy atom. The van der Waals surface area contributed by atoms with Crippen molar-refractivity contribution < 1.29 is 76.9 Å². The van der Waals surface area contributed by atoms with E-state index < -0.39 is 75.5 Å². The van der Waals surface area contributed by atoms with Gasteiger partial charge in [-0.05, 0) is 81.9 Å². The number of hydrogen-bond donors (Lipinski definition) is 1. The molecule has 0 radical (unpaired) electrons. The zero-order chi connectivity index (χ0) is 52.9. The number of allylic oxidation sites excluding steroid dienone is 5. The maximum atomic E-state index is 13.0. The van der Waals surface area contributed by atoms with Crippen LogP contribution in [0.4, 0.5) is 11.4 Å². The topological polar surface area (TPSA) is 266 Å². The van der Waals surface area contributed by atoms with Crippen molar-refractivity contribution in [3.05, 3.63) is 113 Å². The number of fused-ring (bicyclic) bond motifs is 3. The Morgan fingerprint density at radius 1 is 0.877 bits per heavy atom. The van der Waals surface area contributed by atoms with Crippen LogP contribution >= 0.6 is 0 Å². The Morgan fingerprint density at radius 2 is 1.58 bits per heavy atom. The number of nitrogens with zero attached hydrogens (tertiary/aromatic N) is 3. The van der Waals surface area contributed by atoms with Crippen LogP contribution in [0.15, 0.2) is 95.9 Å². The van der Waals surface area contributed by atoms with Crippen molar-refractivity contribution in [2.24, 2.45) is 0 Å². The number of ether oxygens (including phenoxy) is 3. The molecule has 1 fully saturated rings. The summed E-state index contributed by atoms with van der Waals surface area (Å²) in [6.07, 6.45) is 9.62. The summed E-state index contributed by atoms with van der Waals surface area (Å²) in [5, 5.41) is 0.452. The summed E-state index contributed by atoms with van der Waals surface area (Å²) >= 11 is 0. The lowest BCUT2D eigenvalue weighted by Gasteiger charge is -2.44. The second-order valence-electron chi connectivity index (χ2n) is 18.8. The minimum absolute atomic E-state index is 0.00842. The summed E-state index contributed by atoms with van der Waals surface area (Å²) in [6, 6.07) is 17.3. The standard InChI is InChI=1S/C51H59N3O16S3/c1-50(2)34-37(21-25-68-27-26-67-4)39-32-40-36(30-44(35-12-6-5-7-13-35)69-45(40)33-43(39)53(50)24-11-29-72(61,62)63)14-8-15-46-51(3,22-9-16-49(57)70-54-47(55)19-20-48(54)56)41-31-38(73(64,65)66)17-18-42(41)52(46)23-10-28-71(58,59)60/h5-8,12-15,17-18,30-34H,9-11,16,19-29H2,1-4H3,(H2-,58,59,60,61,62,63,64,65,66)/p-1. The van der Waals surface area contributed by atoms with E-state index >= 15 is 0 Å².